The van der Waals surface area contributed by atoms with E-state index in [2.05, 4.69) is 0 Å². The molecule has 0 saturated carbocycles. The Morgan fingerprint density at radius 2 is 1.84 bits per heavy atom. The first-order valence-electron chi connectivity index (χ1n) is 6.00. The van der Waals surface area contributed by atoms with Crippen LogP contribution in [0.4, 0.5) is 8.78 Å². The summed E-state index contributed by atoms with van der Waals surface area (Å²) in [6.07, 6.45) is -1.38. The van der Waals surface area contributed by atoms with Crippen LogP contribution in [0.25, 0.3) is 0 Å². The molecule has 106 valence electrons. The summed E-state index contributed by atoms with van der Waals surface area (Å²) in [5.41, 5.74) is -0.884. The molecule has 0 aliphatic heterocycles. The normalized spacial score (nSPS) is 13.2. The third kappa shape index (κ3) is 4.59. The highest BCUT2D eigenvalue weighted by Gasteiger charge is 2.24. The number of ether oxygens (including phenoxy) is 1. The number of halogens is 2. The molecule has 1 rings (SSSR count). The van der Waals surface area contributed by atoms with Gasteiger partial charge in [-0.2, -0.15) is 0 Å². The molecule has 0 bridgehead atoms. The largest absolute Gasteiger partial charge is 0.463 e. The molecule has 0 aliphatic rings. The van der Waals surface area contributed by atoms with E-state index in [4.69, 9.17) is 4.74 Å². The van der Waals surface area contributed by atoms with Crippen molar-refractivity contribution in [3.05, 3.63) is 35.4 Å². The molecule has 1 aromatic carbocycles. The lowest BCUT2D eigenvalue weighted by Gasteiger charge is -2.18. The highest BCUT2D eigenvalue weighted by Crippen LogP contribution is 2.17. The summed E-state index contributed by atoms with van der Waals surface area (Å²) >= 11 is 0. The fourth-order valence-corrected chi connectivity index (χ4v) is 1.41. The molecule has 0 fully saturated rings. The van der Waals surface area contributed by atoms with Gasteiger partial charge in [-0.25, -0.2) is 8.78 Å². The van der Waals surface area contributed by atoms with Crippen LogP contribution in [0.5, 0.6) is 0 Å². The molecule has 0 heterocycles. The first kappa shape index (κ1) is 15.6. The Morgan fingerprint density at radius 3 is 2.32 bits per heavy atom. The van der Waals surface area contributed by atoms with Gasteiger partial charge in [-0.1, -0.05) is 6.07 Å². The van der Waals surface area contributed by atoms with E-state index >= 15 is 0 Å². The smallest absolute Gasteiger partial charge is 0.311 e. The van der Waals surface area contributed by atoms with E-state index in [0.717, 1.165) is 12.1 Å². The van der Waals surface area contributed by atoms with Crippen LogP contribution in [0.3, 0.4) is 0 Å². The topological polar surface area (TPSA) is 46.5 Å². The van der Waals surface area contributed by atoms with Crippen LogP contribution in [0, 0.1) is 17.0 Å². The van der Waals surface area contributed by atoms with Gasteiger partial charge in [-0.05, 0) is 32.9 Å². The van der Waals surface area contributed by atoms with Gasteiger partial charge >= 0.3 is 5.97 Å². The Kier molecular flexibility index (Phi) is 5.00. The van der Waals surface area contributed by atoms with Crippen LogP contribution in [0.2, 0.25) is 0 Å². The molecule has 0 radical (unpaired) electrons. The van der Waals surface area contributed by atoms with Crippen LogP contribution < -0.4 is 0 Å². The molecular weight excluding hydrogens is 254 g/mol. The highest BCUT2D eigenvalue weighted by molar-refractivity contribution is 5.75. The van der Waals surface area contributed by atoms with Crippen molar-refractivity contribution in [1.82, 2.24) is 0 Å². The third-order valence-corrected chi connectivity index (χ3v) is 2.52. The molecule has 3 nitrogen and oxygen atoms in total. The highest BCUT2D eigenvalue weighted by atomic mass is 19.1. The maximum atomic E-state index is 13.3. The Balaban J connectivity index is 2.57. The minimum atomic E-state index is -1.14. The van der Waals surface area contributed by atoms with Crippen LogP contribution in [0.1, 0.15) is 26.3 Å². The zero-order valence-electron chi connectivity index (χ0n) is 11.2. The number of benzene rings is 1. The second-order valence-corrected chi connectivity index (χ2v) is 5.41. The Labute approximate surface area is 111 Å². The summed E-state index contributed by atoms with van der Waals surface area (Å²) in [5, 5.41) is 9.66. The minimum absolute atomic E-state index is 0.207. The minimum Gasteiger partial charge on any atom is -0.463 e. The lowest BCUT2D eigenvalue weighted by atomic mass is 9.97. The first-order valence-corrected chi connectivity index (χ1v) is 6.00. The quantitative estimate of drug-likeness (QED) is 0.856. The van der Waals surface area contributed by atoms with Crippen molar-refractivity contribution < 1.29 is 23.4 Å². The predicted octanol–water partition coefficient (Wildman–Crippen LogP) is 2.46. The molecule has 5 heteroatoms. The van der Waals surface area contributed by atoms with Crippen LogP contribution >= 0.6 is 0 Å². The van der Waals surface area contributed by atoms with Gasteiger partial charge in [0.15, 0.2) is 0 Å². The summed E-state index contributed by atoms with van der Waals surface area (Å²) in [7, 11) is 0. The van der Waals surface area contributed by atoms with E-state index in [1.807, 2.05) is 0 Å². The van der Waals surface area contributed by atoms with Crippen molar-refractivity contribution in [2.24, 2.45) is 5.41 Å². The average Bonchev–Trinajstić information content (AvgIpc) is 2.29. The number of esters is 1. The molecule has 0 spiro atoms. The van der Waals surface area contributed by atoms with Gasteiger partial charge in [0.05, 0.1) is 11.5 Å². The van der Waals surface area contributed by atoms with Gasteiger partial charge in [0.25, 0.3) is 0 Å². The SMILES string of the molecule is CC(C)(C)C(=O)OC[C@H](O)Cc1c(F)cccc1F. The number of rotatable bonds is 4. The van der Waals surface area contributed by atoms with E-state index in [-0.39, 0.29) is 18.6 Å². The van der Waals surface area contributed by atoms with E-state index in [1.165, 1.54) is 6.07 Å². The molecule has 1 atom stereocenters. The number of aliphatic hydroxyl groups excluding tert-OH is 1. The number of hydrogen-bond acceptors (Lipinski definition) is 3. The molecule has 19 heavy (non-hydrogen) atoms. The van der Waals surface area contributed by atoms with E-state index in [9.17, 15) is 18.7 Å². The fourth-order valence-electron chi connectivity index (χ4n) is 1.41. The zero-order valence-corrected chi connectivity index (χ0v) is 11.2. The number of aliphatic hydroxyl groups is 1. The van der Waals surface area contributed by atoms with E-state index in [1.54, 1.807) is 20.8 Å². The van der Waals surface area contributed by atoms with Crippen LogP contribution in [0.15, 0.2) is 18.2 Å². The Morgan fingerprint density at radius 1 is 1.32 bits per heavy atom. The van der Waals surface area contributed by atoms with Gasteiger partial charge in [-0.15, -0.1) is 0 Å². The van der Waals surface area contributed by atoms with Crippen molar-refractivity contribution in [2.75, 3.05) is 6.61 Å². The predicted molar refractivity (Wildman–Crippen MR) is 66.5 cm³/mol. The monoisotopic (exact) mass is 272 g/mol. The van der Waals surface area contributed by atoms with Gasteiger partial charge in [0.1, 0.15) is 18.2 Å². The maximum absolute atomic E-state index is 13.3. The molecule has 0 amide bonds. The van der Waals surface area contributed by atoms with Crippen molar-refractivity contribution in [3.8, 4) is 0 Å². The van der Waals surface area contributed by atoms with Gasteiger partial charge < -0.3 is 9.84 Å². The fraction of sp³-hybridized carbons (Fsp3) is 0.500. The maximum Gasteiger partial charge on any atom is 0.311 e. The second kappa shape index (κ2) is 6.10. The zero-order chi connectivity index (χ0) is 14.6. The van der Waals surface area contributed by atoms with Crippen molar-refractivity contribution in [3.63, 3.8) is 0 Å². The van der Waals surface area contributed by atoms with Crippen molar-refractivity contribution in [2.45, 2.75) is 33.3 Å². The number of hydrogen-bond donors (Lipinski definition) is 1. The molecular formula is C14H18F2O3. The van der Waals surface area contributed by atoms with Gasteiger partial charge in [-0.3, -0.25) is 4.79 Å². The van der Waals surface area contributed by atoms with Crippen molar-refractivity contribution in [1.29, 1.82) is 0 Å². The third-order valence-electron chi connectivity index (χ3n) is 2.52. The summed E-state index contributed by atoms with van der Waals surface area (Å²) in [4.78, 5) is 11.5. The summed E-state index contributed by atoms with van der Waals surface area (Å²) < 4.78 is 31.6. The standard InChI is InChI=1S/C14H18F2O3/c1-14(2,3)13(18)19-8-9(17)7-10-11(15)5-4-6-12(10)16/h4-6,9,17H,7-8H2,1-3H3/t9-/m1/s1. The lowest BCUT2D eigenvalue weighted by Crippen LogP contribution is -2.28. The lowest BCUT2D eigenvalue weighted by molar-refractivity contribution is -0.155. The van der Waals surface area contributed by atoms with Crippen LogP contribution in [-0.2, 0) is 16.0 Å². The number of carbonyl (C=O) groups excluding carboxylic acids is 1. The Hall–Kier alpha value is -1.49. The van der Waals surface area contributed by atoms with Crippen molar-refractivity contribution >= 4 is 5.97 Å². The summed E-state index contributed by atoms with van der Waals surface area (Å²) in [5.74, 6) is -1.91. The summed E-state index contributed by atoms with van der Waals surface area (Å²) in [6.45, 7) is 4.75. The first-order chi connectivity index (χ1) is 8.71. The van der Waals surface area contributed by atoms with E-state index < -0.39 is 29.1 Å². The second-order valence-electron chi connectivity index (χ2n) is 5.41. The van der Waals surface area contributed by atoms with Gasteiger partial charge in [0, 0.05) is 12.0 Å². The molecule has 0 aliphatic carbocycles. The van der Waals surface area contributed by atoms with Gasteiger partial charge in [0.2, 0.25) is 0 Å². The Bertz CT molecular complexity index is 432. The van der Waals surface area contributed by atoms with E-state index in [0.29, 0.717) is 0 Å². The molecule has 1 N–H and O–H groups in total. The molecule has 0 unspecified atom stereocenters. The molecule has 0 aromatic heterocycles. The van der Waals surface area contributed by atoms with Crippen LogP contribution in [-0.4, -0.2) is 23.8 Å². The molecule has 1 aromatic rings. The average molecular weight is 272 g/mol. The molecule has 0 saturated heterocycles. The number of carbonyl (C=O) groups is 1. The summed E-state index contributed by atoms with van der Waals surface area (Å²) in [6, 6.07) is 3.48.